The third-order valence-electron chi connectivity index (χ3n) is 6.03. The monoisotopic (exact) mass is 360 g/mol. The molecule has 1 aromatic carbocycles. The molecular weight excluding hydrogens is 335 g/mol. The van der Waals surface area contributed by atoms with Crippen molar-refractivity contribution < 1.29 is 14.0 Å². The normalized spacial score (nSPS) is 27.0. The number of halogens is 1. The number of nitrogens with zero attached hydrogens (tertiary/aromatic N) is 4. The van der Waals surface area contributed by atoms with Gasteiger partial charge in [-0.2, -0.15) is 0 Å². The molecule has 1 atom stereocenters. The largest absolute Gasteiger partial charge is 0.325 e. The first kappa shape index (κ1) is 17.3. The van der Waals surface area contributed by atoms with E-state index in [0.29, 0.717) is 25.3 Å². The first-order valence-corrected chi connectivity index (χ1v) is 9.30. The van der Waals surface area contributed by atoms with Crippen LogP contribution in [0.25, 0.3) is 0 Å². The van der Waals surface area contributed by atoms with Crippen molar-refractivity contribution in [3.63, 3.8) is 0 Å². The Morgan fingerprint density at radius 1 is 1.12 bits per heavy atom. The van der Waals surface area contributed by atoms with Gasteiger partial charge in [0, 0.05) is 38.4 Å². The minimum absolute atomic E-state index is 0.0342. The maximum atomic E-state index is 13.6. The fraction of sp³-hybridized carbons (Fsp3) is 0.579. The average Bonchev–Trinajstić information content (AvgIpc) is 3.29. The summed E-state index contributed by atoms with van der Waals surface area (Å²) in [5.41, 5.74) is 0.321. The summed E-state index contributed by atoms with van der Waals surface area (Å²) in [7, 11) is 1.95. The number of anilines is 1. The number of likely N-dealkylation sites (N-methyl/N-ethyl adjacent to an activating group) is 1. The van der Waals surface area contributed by atoms with E-state index in [-0.39, 0.29) is 29.8 Å². The number of hydrogen-bond donors (Lipinski definition) is 0. The zero-order chi connectivity index (χ0) is 18.3. The lowest BCUT2D eigenvalue weighted by atomic mass is 9.92. The van der Waals surface area contributed by atoms with E-state index >= 15 is 0 Å². The van der Waals surface area contributed by atoms with E-state index < -0.39 is 0 Å². The molecule has 1 spiro atoms. The Morgan fingerprint density at radius 3 is 2.62 bits per heavy atom. The van der Waals surface area contributed by atoms with Crippen molar-refractivity contribution in [1.29, 1.82) is 0 Å². The Hall–Kier alpha value is -2.15. The van der Waals surface area contributed by atoms with E-state index in [2.05, 4.69) is 4.90 Å². The number of carbonyl (C=O) groups is 2. The average molecular weight is 360 g/mol. The predicted octanol–water partition coefficient (Wildman–Crippen LogP) is 1.76. The summed E-state index contributed by atoms with van der Waals surface area (Å²) >= 11 is 0. The number of urea groups is 1. The topological polar surface area (TPSA) is 47.1 Å². The zero-order valence-electron chi connectivity index (χ0n) is 15.2. The lowest BCUT2D eigenvalue weighted by Gasteiger charge is -2.46. The molecule has 0 aromatic heterocycles. The van der Waals surface area contributed by atoms with Gasteiger partial charge in [-0.1, -0.05) is 6.07 Å². The molecule has 1 aromatic rings. The lowest BCUT2D eigenvalue weighted by molar-refractivity contribution is -0.123. The van der Waals surface area contributed by atoms with E-state index in [1.54, 1.807) is 17.0 Å². The lowest BCUT2D eigenvalue weighted by Crippen LogP contribution is -2.64. The van der Waals surface area contributed by atoms with E-state index in [1.165, 1.54) is 12.1 Å². The fourth-order valence-corrected chi connectivity index (χ4v) is 4.41. The second kappa shape index (κ2) is 6.54. The van der Waals surface area contributed by atoms with Gasteiger partial charge in [-0.25, -0.2) is 9.18 Å². The Kier molecular flexibility index (Phi) is 4.34. The van der Waals surface area contributed by atoms with Crippen molar-refractivity contribution >= 4 is 17.6 Å². The molecule has 0 bridgehead atoms. The van der Waals surface area contributed by atoms with Crippen LogP contribution in [0.5, 0.6) is 0 Å². The number of carbonyl (C=O) groups excluding carboxylic acids is 2. The van der Waals surface area contributed by atoms with Crippen molar-refractivity contribution in [3.8, 4) is 0 Å². The fourth-order valence-electron chi connectivity index (χ4n) is 4.41. The van der Waals surface area contributed by atoms with E-state index in [1.807, 2.05) is 16.8 Å². The highest BCUT2D eigenvalue weighted by Crippen LogP contribution is 2.34. The second-order valence-electron chi connectivity index (χ2n) is 7.69. The first-order chi connectivity index (χ1) is 12.5. The molecular formula is C19H25FN4O2. The van der Waals surface area contributed by atoms with Gasteiger partial charge < -0.3 is 14.7 Å². The zero-order valence-corrected chi connectivity index (χ0v) is 15.2. The maximum Gasteiger partial charge on any atom is 0.320 e. The van der Waals surface area contributed by atoms with Crippen LogP contribution >= 0.6 is 0 Å². The number of likely N-dealkylation sites (tertiary alicyclic amines) is 2. The second-order valence-corrected chi connectivity index (χ2v) is 7.69. The van der Waals surface area contributed by atoms with Crippen molar-refractivity contribution in [3.05, 3.63) is 30.1 Å². The van der Waals surface area contributed by atoms with Crippen LogP contribution in [0.2, 0.25) is 0 Å². The summed E-state index contributed by atoms with van der Waals surface area (Å²) in [6, 6.07) is 6.29. The number of piperazine rings is 1. The quantitative estimate of drug-likeness (QED) is 0.767. The Bertz CT molecular complexity index is 721. The molecule has 3 amide bonds. The minimum Gasteiger partial charge on any atom is -0.325 e. The Balaban J connectivity index is 1.53. The number of hydrogen-bond acceptors (Lipinski definition) is 3. The molecule has 0 radical (unpaired) electrons. The molecule has 0 unspecified atom stereocenters. The van der Waals surface area contributed by atoms with Crippen LogP contribution in [0.3, 0.4) is 0 Å². The molecule has 3 heterocycles. The molecule has 3 aliphatic heterocycles. The maximum absolute atomic E-state index is 13.6. The first-order valence-electron chi connectivity index (χ1n) is 9.30. The van der Waals surface area contributed by atoms with Crippen LogP contribution in [0.1, 0.15) is 19.3 Å². The van der Waals surface area contributed by atoms with Crippen LogP contribution in [0, 0.1) is 5.82 Å². The molecule has 3 saturated heterocycles. The van der Waals surface area contributed by atoms with Crippen LogP contribution in [-0.4, -0.2) is 78.5 Å². The molecule has 0 aliphatic carbocycles. The summed E-state index contributed by atoms with van der Waals surface area (Å²) in [4.78, 5) is 32.9. The van der Waals surface area contributed by atoms with Crippen LogP contribution in [-0.2, 0) is 4.79 Å². The van der Waals surface area contributed by atoms with E-state index in [0.717, 1.165) is 32.4 Å². The summed E-state index contributed by atoms with van der Waals surface area (Å²) in [5, 5.41) is 0. The van der Waals surface area contributed by atoms with Gasteiger partial charge in [0.05, 0.1) is 12.1 Å². The van der Waals surface area contributed by atoms with E-state index in [9.17, 15) is 14.0 Å². The van der Waals surface area contributed by atoms with Gasteiger partial charge in [0.15, 0.2) is 0 Å². The van der Waals surface area contributed by atoms with Gasteiger partial charge in [0.25, 0.3) is 0 Å². The summed E-state index contributed by atoms with van der Waals surface area (Å²) in [6.07, 6.45) is 2.97. The summed E-state index contributed by atoms with van der Waals surface area (Å²) < 4.78 is 13.6. The van der Waals surface area contributed by atoms with Crippen molar-refractivity contribution in [2.45, 2.75) is 24.8 Å². The van der Waals surface area contributed by atoms with E-state index in [4.69, 9.17) is 0 Å². The predicted molar refractivity (Wildman–Crippen MR) is 96.5 cm³/mol. The molecule has 4 rings (SSSR count). The van der Waals surface area contributed by atoms with Gasteiger partial charge >= 0.3 is 6.03 Å². The Morgan fingerprint density at radius 2 is 1.88 bits per heavy atom. The highest BCUT2D eigenvalue weighted by atomic mass is 19.1. The summed E-state index contributed by atoms with van der Waals surface area (Å²) in [5.74, 6) is -0.381. The van der Waals surface area contributed by atoms with Gasteiger partial charge in [0.1, 0.15) is 5.82 Å². The standard InChI is InChI=1S/C19H25FN4O2/c1-21-12-17(25)24(16-6-4-5-15(20)11-16)14-19(21)7-10-23(13-19)18(26)22-8-2-3-9-22/h4-6,11H,2-3,7-10,12-14H2,1H3/t19-/m0/s1. The molecule has 3 fully saturated rings. The van der Waals surface area contributed by atoms with Gasteiger partial charge in [-0.05, 0) is 44.5 Å². The van der Waals surface area contributed by atoms with Crippen LogP contribution < -0.4 is 4.90 Å². The Labute approximate surface area is 153 Å². The summed E-state index contributed by atoms with van der Waals surface area (Å²) in [6.45, 7) is 3.75. The van der Waals surface area contributed by atoms with Gasteiger partial charge in [0.2, 0.25) is 5.91 Å². The molecule has 0 N–H and O–H groups in total. The van der Waals surface area contributed by atoms with Crippen molar-refractivity contribution in [1.82, 2.24) is 14.7 Å². The molecule has 26 heavy (non-hydrogen) atoms. The third kappa shape index (κ3) is 2.94. The number of benzene rings is 1. The molecule has 7 heteroatoms. The highest BCUT2D eigenvalue weighted by Gasteiger charge is 2.49. The SMILES string of the molecule is CN1CC(=O)N(c2cccc(F)c2)C[C@@]12CCN(C(=O)N1CCCC1)C2. The molecule has 140 valence electrons. The van der Waals surface area contributed by atoms with Crippen molar-refractivity contribution in [2.75, 3.05) is 51.2 Å². The molecule has 0 saturated carbocycles. The smallest absolute Gasteiger partial charge is 0.320 e. The highest BCUT2D eigenvalue weighted by molar-refractivity contribution is 5.96. The third-order valence-corrected chi connectivity index (χ3v) is 6.03. The van der Waals surface area contributed by atoms with Crippen LogP contribution in [0.15, 0.2) is 24.3 Å². The number of rotatable bonds is 1. The molecule has 3 aliphatic rings. The van der Waals surface area contributed by atoms with Crippen molar-refractivity contribution in [2.24, 2.45) is 0 Å². The molecule has 6 nitrogen and oxygen atoms in total. The van der Waals surface area contributed by atoms with Gasteiger partial charge in [-0.15, -0.1) is 0 Å². The van der Waals surface area contributed by atoms with Gasteiger partial charge in [-0.3, -0.25) is 9.69 Å². The number of amides is 3. The van der Waals surface area contributed by atoms with Crippen LogP contribution in [0.4, 0.5) is 14.9 Å². The minimum atomic E-state index is -0.347.